The first-order valence-corrected chi connectivity index (χ1v) is 12.5. The fourth-order valence-electron chi connectivity index (χ4n) is 4.62. The number of nitrogens with one attached hydrogen (secondary N) is 2. The van der Waals surface area contributed by atoms with Gasteiger partial charge in [0.25, 0.3) is 5.91 Å². The number of allylic oxidation sites excluding steroid dienone is 2. The average molecular weight is 495 g/mol. The molecule has 1 aromatic carbocycles. The van der Waals surface area contributed by atoms with Gasteiger partial charge in [-0.15, -0.1) is 0 Å². The Labute approximate surface area is 213 Å². The molecule has 2 aliphatic rings. The molecule has 1 aromatic heterocycles. The van der Waals surface area contributed by atoms with Crippen LogP contribution in [-0.2, 0) is 4.74 Å². The van der Waals surface area contributed by atoms with Gasteiger partial charge in [-0.3, -0.25) is 4.79 Å². The summed E-state index contributed by atoms with van der Waals surface area (Å²) in [5.41, 5.74) is 2.79. The van der Waals surface area contributed by atoms with Gasteiger partial charge in [0.05, 0.1) is 30.6 Å². The predicted octanol–water partition coefficient (Wildman–Crippen LogP) is 4.82. The summed E-state index contributed by atoms with van der Waals surface area (Å²) in [5, 5.41) is 29.9. The van der Waals surface area contributed by atoms with E-state index in [1.807, 2.05) is 44.2 Å². The number of ether oxygens (including phenoxy) is 1. The van der Waals surface area contributed by atoms with Crippen LogP contribution in [0.25, 0.3) is 5.57 Å². The van der Waals surface area contributed by atoms with Crippen LogP contribution in [0.1, 0.15) is 88.1 Å². The summed E-state index contributed by atoms with van der Waals surface area (Å²) >= 11 is 0. The highest BCUT2D eigenvalue weighted by Crippen LogP contribution is 2.39. The number of nitrogens with zero attached hydrogens (tertiary/aromatic N) is 2. The van der Waals surface area contributed by atoms with Gasteiger partial charge in [-0.25, -0.2) is 4.98 Å². The Morgan fingerprint density at radius 2 is 1.81 bits per heavy atom. The van der Waals surface area contributed by atoms with Crippen molar-refractivity contribution in [2.75, 3.05) is 18.5 Å². The van der Waals surface area contributed by atoms with Gasteiger partial charge in [0.2, 0.25) is 0 Å². The molecule has 0 radical (unpaired) electrons. The minimum absolute atomic E-state index is 0.0303. The van der Waals surface area contributed by atoms with Gasteiger partial charge in [0.1, 0.15) is 11.8 Å². The maximum absolute atomic E-state index is 12.3. The van der Waals surface area contributed by atoms with Crippen LogP contribution in [0.2, 0.25) is 0 Å². The molecule has 1 amide bonds. The Hall–Kier alpha value is -2.99. The topological polar surface area (TPSA) is 131 Å². The second-order valence-electron chi connectivity index (χ2n) is 11.0. The second-order valence-corrected chi connectivity index (χ2v) is 11.0. The number of aliphatic hydroxyl groups excluding tert-OH is 2. The van der Waals surface area contributed by atoms with Crippen molar-refractivity contribution in [3.8, 4) is 6.07 Å². The summed E-state index contributed by atoms with van der Waals surface area (Å²) in [5.74, 6) is -0.208. The number of amides is 1. The van der Waals surface area contributed by atoms with Crippen LogP contribution in [0.4, 0.5) is 5.69 Å². The number of carbonyl (C=O) groups is 1. The number of rotatable bonds is 5. The van der Waals surface area contributed by atoms with Gasteiger partial charge in [0, 0.05) is 11.3 Å². The quantitative estimate of drug-likeness (QED) is 0.471. The van der Waals surface area contributed by atoms with Gasteiger partial charge >= 0.3 is 0 Å². The number of benzene rings is 1. The average Bonchev–Trinajstić information content (AvgIpc) is 3.35. The first kappa shape index (κ1) is 27.6. The normalized spacial score (nSPS) is 25.1. The molecule has 8 heteroatoms. The first-order valence-electron chi connectivity index (χ1n) is 12.5. The number of nitriles is 1. The molecule has 0 saturated carbocycles. The number of hydrogen-bond acceptors (Lipinski definition) is 6. The number of aromatic nitrogens is 2. The molecular formula is C28H38N4O4. The maximum Gasteiger partial charge on any atom is 0.291 e. The molecule has 0 unspecified atom stereocenters. The zero-order chi connectivity index (χ0) is 26.4. The minimum atomic E-state index is -0.449. The number of anilines is 1. The van der Waals surface area contributed by atoms with Crippen LogP contribution in [0.15, 0.2) is 36.5 Å². The second kappa shape index (κ2) is 11.4. The van der Waals surface area contributed by atoms with E-state index in [-0.39, 0.29) is 30.6 Å². The van der Waals surface area contributed by atoms with Crippen molar-refractivity contribution < 1.29 is 19.7 Å². The van der Waals surface area contributed by atoms with E-state index in [0.29, 0.717) is 5.41 Å². The third-order valence-electron chi connectivity index (χ3n) is 6.98. The summed E-state index contributed by atoms with van der Waals surface area (Å²) in [6, 6.07) is 9.73. The number of H-pyrrole nitrogens is 1. The van der Waals surface area contributed by atoms with Crippen LogP contribution >= 0.6 is 0 Å². The van der Waals surface area contributed by atoms with Gasteiger partial charge in [-0.05, 0) is 69.4 Å². The standard InChI is InChI=1S/C19H20N4O.C9H18O3/c1-19(2)9-7-13(8-10-19)15-5-3-4-6-16(15)23-18(24)17-21-12-14(11-20)22-17;1-8(6-10)4-3-5-9(2,7-11)12-8/h3-7,12H,8-10H2,1-2H3,(H,21,22)(H,23,24);10-11H,3-7H2,1-2H3/t;8-,9+. The van der Waals surface area contributed by atoms with Crippen LogP contribution in [0.3, 0.4) is 0 Å². The van der Waals surface area contributed by atoms with Gasteiger partial charge in [-0.1, -0.05) is 38.1 Å². The van der Waals surface area contributed by atoms with E-state index in [9.17, 15) is 4.79 Å². The van der Waals surface area contributed by atoms with Crippen molar-refractivity contribution in [2.45, 2.75) is 77.4 Å². The van der Waals surface area contributed by atoms with E-state index in [2.05, 4.69) is 35.2 Å². The number of carbonyl (C=O) groups excluding carboxylic acids is 1. The largest absolute Gasteiger partial charge is 0.393 e. The summed E-state index contributed by atoms with van der Waals surface area (Å²) in [4.78, 5) is 19.0. The van der Waals surface area contributed by atoms with Gasteiger partial charge < -0.3 is 25.3 Å². The van der Waals surface area contributed by atoms with E-state index in [0.717, 1.165) is 49.8 Å². The maximum atomic E-state index is 12.3. The molecule has 1 fully saturated rings. The number of aromatic amines is 1. The third kappa shape index (κ3) is 7.03. The molecule has 0 spiro atoms. The lowest BCUT2D eigenvalue weighted by molar-refractivity contribution is -0.202. The minimum Gasteiger partial charge on any atom is -0.393 e. The van der Waals surface area contributed by atoms with Crippen molar-refractivity contribution in [3.63, 3.8) is 0 Å². The Morgan fingerprint density at radius 1 is 1.14 bits per heavy atom. The highest BCUT2D eigenvalue weighted by atomic mass is 16.5. The number of aliphatic hydroxyl groups is 2. The Bertz CT molecular complexity index is 1120. The monoisotopic (exact) mass is 494 g/mol. The van der Waals surface area contributed by atoms with Crippen LogP contribution < -0.4 is 5.32 Å². The Morgan fingerprint density at radius 3 is 2.36 bits per heavy atom. The molecule has 2 aromatic rings. The molecule has 2 atom stereocenters. The first-order chi connectivity index (χ1) is 17.0. The van der Waals surface area contributed by atoms with E-state index < -0.39 is 11.2 Å². The number of hydrogen-bond donors (Lipinski definition) is 4. The van der Waals surface area contributed by atoms with Crippen molar-refractivity contribution in [2.24, 2.45) is 5.41 Å². The number of para-hydroxylation sites is 1. The Kier molecular flexibility index (Phi) is 8.72. The fraction of sp³-hybridized carbons (Fsp3) is 0.536. The zero-order valence-electron chi connectivity index (χ0n) is 21.7. The summed E-state index contributed by atoms with van der Waals surface area (Å²) in [7, 11) is 0. The van der Waals surface area contributed by atoms with E-state index >= 15 is 0 Å². The third-order valence-corrected chi connectivity index (χ3v) is 6.98. The molecule has 8 nitrogen and oxygen atoms in total. The van der Waals surface area contributed by atoms with Crippen molar-refractivity contribution in [1.82, 2.24) is 9.97 Å². The summed E-state index contributed by atoms with van der Waals surface area (Å²) in [6.07, 6.45) is 9.55. The molecule has 2 heterocycles. The van der Waals surface area contributed by atoms with Crippen molar-refractivity contribution in [1.29, 1.82) is 5.26 Å². The molecule has 194 valence electrons. The van der Waals surface area contributed by atoms with E-state index in [1.54, 1.807) is 0 Å². The smallest absolute Gasteiger partial charge is 0.291 e. The Balaban J connectivity index is 0.000000253. The molecule has 1 aliphatic heterocycles. The van der Waals surface area contributed by atoms with Crippen LogP contribution in [0, 0.1) is 16.7 Å². The molecule has 4 N–H and O–H groups in total. The molecule has 1 saturated heterocycles. The van der Waals surface area contributed by atoms with E-state index in [1.165, 1.54) is 11.8 Å². The van der Waals surface area contributed by atoms with E-state index in [4.69, 9.17) is 20.2 Å². The lowest BCUT2D eigenvalue weighted by Crippen LogP contribution is -2.49. The zero-order valence-corrected chi connectivity index (χ0v) is 21.7. The molecule has 0 bridgehead atoms. The molecule has 36 heavy (non-hydrogen) atoms. The summed E-state index contributed by atoms with van der Waals surface area (Å²) in [6.45, 7) is 8.39. The van der Waals surface area contributed by atoms with Crippen LogP contribution in [-0.4, -0.2) is 50.5 Å². The van der Waals surface area contributed by atoms with Crippen molar-refractivity contribution >= 4 is 17.2 Å². The fourth-order valence-corrected chi connectivity index (χ4v) is 4.62. The predicted molar refractivity (Wildman–Crippen MR) is 139 cm³/mol. The SMILES string of the molecule is CC1(C)CC=C(c2ccccc2NC(=O)c2ncc(C#N)[nH]2)CC1.C[C@]1(CO)CCC[C@@](C)(CO)O1. The number of imidazole rings is 1. The lowest BCUT2D eigenvalue weighted by Gasteiger charge is -2.43. The van der Waals surface area contributed by atoms with Crippen LogP contribution in [0.5, 0.6) is 0 Å². The molecule has 1 aliphatic carbocycles. The van der Waals surface area contributed by atoms with Gasteiger partial charge in [0.15, 0.2) is 5.82 Å². The highest BCUT2D eigenvalue weighted by molar-refractivity contribution is 6.03. The molecular weight excluding hydrogens is 456 g/mol. The van der Waals surface area contributed by atoms with Gasteiger partial charge in [-0.2, -0.15) is 5.26 Å². The van der Waals surface area contributed by atoms with Crippen molar-refractivity contribution in [3.05, 3.63) is 53.6 Å². The highest BCUT2D eigenvalue weighted by Gasteiger charge is 2.39. The lowest BCUT2D eigenvalue weighted by atomic mass is 9.77. The molecule has 4 rings (SSSR count). The summed E-state index contributed by atoms with van der Waals surface area (Å²) < 4.78 is 5.66.